The van der Waals surface area contributed by atoms with E-state index in [1.165, 1.54) is 6.92 Å². The molecule has 1 aliphatic carbocycles. The zero-order valence-corrected chi connectivity index (χ0v) is 61.7. The second kappa shape index (κ2) is 39.8. The van der Waals surface area contributed by atoms with Crippen molar-refractivity contribution >= 4 is 77.5 Å². The molecule has 1 aliphatic heterocycles. The van der Waals surface area contributed by atoms with Gasteiger partial charge in [0.25, 0.3) is 0 Å². The predicted molar refractivity (Wildman–Crippen MR) is 364 cm³/mol. The molecule has 33 heteroatoms. The predicted octanol–water partition coefficient (Wildman–Crippen LogP) is 1.58. The Hall–Kier alpha value is -7.81. The van der Waals surface area contributed by atoms with Crippen LogP contribution in [0.3, 0.4) is 0 Å². The summed E-state index contributed by atoms with van der Waals surface area (Å²) in [6.45, 7) is 28.6. The number of hydrogen-bond acceptors (Lipinski definition) is 20. The Labute approximate surface area is 582 Å². The minimum Gasteiger partial charge on any atom is -0.444 e. The number of aliphatic hydroxyl groups is 1. The van der Waals surface area contributed by atoms with E-state index < -0.39 is 204 Å². The maximum Gasteiger partial charge on any atom is 0.407 e. The molecule has 0 bridgehead atoms. The number of nitrogens with two attached hydrogens (primary N) is 1. The summed E-state index contributed by atoms with van der Waals surface area (Å²) in [6, 6.07) is -14.6. The Morgan fingerprint density at radius 1 is 0.485 bits per heavy atom. The van der Waals surface area contributed by atoms with Gasteiger partial charge in [0, 0.05) is 26.2 Å². The fourth-order valence-electron chi connectivity index (χ4n) is 10.2. The van der Waals surface area contributed by atoms with Crippen molar-refractivity contribution in [3.63, 3.8) is 0 Å². The molecule has 0 aromatic carbocycles. The maximum atomic E-state index is 15.1. The van der Waals surface area contributed by atoms with Gasteiger partial charge in [-0.2, -0.15) is 0 Å². The molecule has 16 N–H and O–H groups in total. The van der Waals surface area contributed by atoms with Crippen LogP contribution in [0.25, 0.3) is 0 Å². The monoisotopic (exact) mass is 1410 g/mol. The molecule has 99 heavy (non-hydrogen) atoms. The summed E-state index contributed by atoms with van der Waals surface area (Å²) in [6.07, 6.45) is -4.13. The van der Waals surface area contributed by atoms with Crippen LogP contribution in [0.5, 0.6) is 0 Å². The molecule has 2 unspecified atom stereocenters. The molecular weight excluding hydrogens is 1290 g/mol. The Morgan fingerprint density at radius 3 is 1.28 bits per heavy atom. The molecule has 1 heterocycles. The Morgan fingerprint density at radius 2 is 0.869 bits per heavy atom. The van der Waals surface area contributed by atoms with Gasteiger partial charge in [0.15, 0.2) is 0 Å². The molecule has 1 saturated carbocycles. The van der Waals surface area contributed by atoms with Gasteiger partial charge < -0.3 is 104 Å². The van der Waals surface area contributed by atoms with Crippen molar-refractivity contribution in [2.45, 2.75) is 297 Å². The van der Waals surface area contributed by atoms with E-state index in [0.717, 1.165) is 26.2 Å². The van der Waals surface area contributed by atoms with Gasteiger partial charge in [-0.05, 0) is 168 Å². The summed E-state index contributed by atoms with van der Waals surface area (Å²) in [5, 5.41) is 44.6. The fourth-order valence-corrected chi connectivity index (χ4v) is 10.2. The maximum absolute atomic E-state index is 15.1. The van der Waals surface area contributed by atoms with Crippen molar-refractivity contribution in [3.05, 3.63) is 0 Å². The van der Waals surface area contributed by atoms with Crippen LogP contribution in [-0.2, 0) is 66.8 Å². The van der Waals surface area contributed by atoms with E-state index in [9.17, 15) is 53.1 Å². The molecule has 13 amide bonds. The Balaban J connectivity index is 3.05. The fraction of sp³-hybridized carbons (Fsp3) is 0.803. The van der Waals surface area contributed by atoms with Crippen LogP contribution in [0, 0.1) is 11.8 Å². The van der Waals surface area contributed by atoms with Crippen LogP contribution >= 0.6 is 0 Å². The summed E-state index contributed by atoms with van der Waals surface area (Å²) in [7, 11) is 0. The molecule has 2 fully saturated rings. The van der Waals surface area contributed by atoms with Crippen LogP contribution in [0.2, 0.25) is 0 Å². The number of amides is 13. The third kappa shape index (κ3) is 36.7. The summed E-state index contributed by atoms with van der Waals surface area (Å²) in [5.41, 5.74) is 1.71. The molecule has 0 radical (unpaired) electrons. The largest absolute Gasteiger partial charge is 0.444 e. The molecule has 2 aliphatic rings. The quantitative estimate of drug-likeness (QED) is 0.0684. The molecule has 0 aromatic heterocycles. The highest BCUT2D eigenvalue weighted by atomic mass is 16.6. The Kier molecular flexibility index (Phi) is 35.1. The number of ether oxygens (including phenoxy) is 5. The van der Waals surface area contributed by atoms with E-state index in [0.29, 0.717) is 12.8 Å². The smallest absolute Gasteiger partial charge is 0.407 e. The standard InChI is InChI=1S/C66H118N14O19/c1-36(2)33-44-53(86)75-41(26-30-69-58(91)96-63(8,9)10)50(83)74-43(28-32-71-60(93)98-65(14,15)16)52(85)80-48(37(3)81)57(90)68-29-25-40(76-55(88)46(35-72-61(94)99-66(17,18)19)79-56(89)47(67)38(4)95-62(5,6)7)49(82)73-42(27-31-70-59(92)97-64(11,12)13)51(84)78-45(54(87)77-44)34-39-23-21-20-22-24-39/h36-48,81H,20-35,67H2,1-19H3,(H,68,90)(H,69,91)(H,70,92)(H,71,93)(H,72,94)(H,73,82)(H,74,83)(H,75,86)(H,76,88)(H,77,87)(H,78,84)(H,79,89)(H,80,85)/t37?,38?,40-,41-,42-,43-,44-,45+,46-,47-,48-/m0/s1. The van der Waals surface area contributed by atoms with Crippen molar-refractivity contribution in [3.8, 4) is 0 Å². The topological polar surface area (TPSA) is 471 Å². The third-order valence-electron chi connectivity index (χ3n) is 14.7. The molecule has 33 nitrogen and oxygen atoms in total. The van der Waals surface area contributed by atoms with E-state index in [4.69, 9.17) is 29.4 Å². The molecule has 566 valence electrons. The molecule has 11 atom stereocenters. The number of nitrogens with one attached hydrogen (secondary N) is 13. The van der Waals surface area contributed by atoms with Gasteiger partial charge in [0.1, 0.15) is 76.8 Å². The number of alkyl carbamates (subject to hydrolysis) is 4. The SMILES string of the molecule is CC(C)C[C@@H]1NC(=O)[C@@H](CC2CCCCC2)NC(=O)[C@H](CCNC(=O)OC(C)(C)C)NC(=O)[C@@H](NC(=O)[C@H](CNC(=O)OC(C)(C)C)NC(=O)[C@@H](N)C(C)OC(C)(C)C)CCNC(=O)[C@H](C(C)O)NC(=O)[C@H](CCNC(=O)OC(C)(C)C)NC(=O)[C@H](CCNC(=O)OC(C)(C)C)NC1=O. The zero-order chi connectivity index (χ0) is 75.6. The first-order chi connectivity index (χ1) is 45.5. The highest BCUT2D eigenvalue weighted by Gasteiger charge is 2.39. The number of carbonyl (C=O) groups is 13. The van der Waals surface area contributed by atoms with Crippen LogP contribution < -0.4 is 74.9 Å². The first-order valence-electron chi connectivity index (χ1n) is 34.2. The van der Waals surface area contributed by atoms with Crippen LogP contribution in [0.4, 0.5) is 19.2 Å². The average Bonchev–Trinajstić information content (AvgIpc) is 1.09. The lowest BCUT2D eigenvalue weighted by Gasteiger charge is -2.31. The van der Waals surface area contributed by atoms with E-state index in [2.05, 4.69) is 69.1 Å². The van der Waals surface area contributed by atoms with E-state index in [1.807, 2.05) is 0 Å². The van der Waals surface area contributed by atoms with Crippen molar-refractivity contribution in [2.75, 3.05) is 32.7 Å². The first kappa shape index (κ1) is 87.3. The summed E-state index contributed by atoms with van der Waals surface area (Å²) in [4.78, 5) is 184. The lowest BCUT2D eigenvalue weighted by molar-refractivity contribution is -0.136. The first-order valence-corrected chi connectivity index (χ1v) is 34.2. The molecule has 2 rings (SSSR count). The second-order valence-electron chi connectivity index (χ2n) is 30.6. The zero-order valence-electron chi connectivity index (χ0n) is 61.7. The molecule has 0 aromatic rings. The van der Waals surface area contributed by atoms with Crippen molar-refractivity contribution in [2.24, 2.45) is 17.6 Å². The van der Waals surface area contributed by atoms with Crippen LogP contribution in [-0.4, -0.2) is 210 Å². The van der Waals surface area contributed by atoms with Crippen LogP contribution in [0.1, 0.15) is 202 Å². The average molecular weight is 1410 g/mol. The van der Waals surface area contributed by atoms with E-state index in [1.54, 1.807) is 118 Å². The van der Waals surface area contributed by atoms with Crippen molar-refractivity contribution in [1.82, 2.24) is 69.1 Å². The second-order valence-corrected chi connectivity index (χ2v) is 30.6. The minimum absolute atomic E-state index is 0.0407. The number of rotatable bonds is 22. The summed E-state index contributed by atoms with van der Waals surface area (Å²) in [5.74, 6) is -9.52. The third-order valence-corrected chi connectivity index (χ3v) is 14.7. The number of hydrogen-bond donors (Lipinski definition) is 15. The summed E-state index contributed by atoms with van der Waals surface area (Å²) < 4.78 is 27.5. The highest BCUT2D eigenvalue weighted by Crippen LogP contribution is 2.28. The van der Waals surface area contributed by atoms with Gasteiger partial charge in [0.05, 0.1) is 24.4 Å². The normalized spacial score (nSPS) is 22.4. The Bertz CT molecular complexity index is 2730. The number of aliphatic hydroxyl groups excluding tert-OH is 1. The highest BCUT2D eigenvalue weighted by molar-refractivity contribution is 5.99. The van der Waals surface area contributed by atoms with Crippen molar-refractivity contribution < 1.29 is 91.1 Å². The van der Waals surface area contributed by atoms with Crippen molar-refractivity contribution in [1.29, 1.82) is 0 Å². The molecule has 0 spiro atoms. The van der Waals surface area contributed by atoms with Gasteiger partial charge in [-0.25, -0.2) is 19.2 Å². The molecular formula is C66H118N14O19. The van der Waals surface area contributed by atoms with Gasteiger partial charge in [0.2, 0.25) is 53.2 Å². The van der Waals surface area contributed by atoms with E-state index in [-0.39, 0.29) is 50.7 Å². The van der Waals surface area contributed by atoms with Gasteiger partial charge in [-0.3, -0.25) is 43.2 Å². The lowest BCUT2D eigenvalue weighted by Crippen LogP contribution is -2.62. The van der Waals surface area contributed by atoms with E-state index >= 15 is 14.4 Å². The minimum atomic E-state index is -1.84. The van der Waals surface area contributed by atoms with Gasteiger partial charge in [-0.15, -0.1) is 0 Å². The van der Waals surface area contributed by atoms with Gasteiger partial charge >= 0.3 is 24.4 Å². The molecule has 1 saturated heterocycles. The van der Waals surface area contributed by atoms with Gasteiger partial charge in [-0.1, -0.05) is 46.0 Å². The number of carbonyl (C=O) groups excluding carboxylic acids is 13. The lowest BCUT2D eigenvalue weighted by atomic mass is 9.84. The summed E-state index contributed by atoms with van der Waals surface area (Å²) >= 11 is 0. The van der Waals surface area contributed by atoms with Crippen LogP contribution in [0.15, 0.2) is 0 Å².